The van der Waals surface area contributed by atoms with Gasteiger partial charge < -0.3 is 10.4 Å². The summed E-state index contributed by atoms with van der Waals surface area (Å²) in [6.07, 6.45) is -1.35. The first kappa shape index (κ1) is 14.3. The summed E-state index contributed by atoms with van der Waals surface area (Å²) in [5.41, 5.74) is -0.132. The molecule has 20 heavy (non-hydrogen) atoms. The van der Waals surface area contributed by atoms with E-state index in [1.54, 1.807) is 0 Å². The van der Waals surface area contributed by atoms with E-state index >= 15 is 0 Å². The lowest BCUT2D eigenvalue weighted by Gasteiger charge is -2.14. The van der Waals surface area contributed by atoms with Crippen LogP contribution in [0.3, 0.4) is 0 Å². The normalized spacial score (nSPS) is 12.2. The van der Waals surface area contributed by atoms with E-state index in [0.717, 1.165) is 30.3 Å². The van der Waals surface area contributed by atoms with Gasteiger partial charge in [0.05, 0.1) is 6.10 Å². The van der Waals surface area contributed by atoms with Crippen LogP contribution in [-0.2, 0) is 0 Å². The van der Waals surface area contributed by atoms with Crippen LogP contribution in [0.1, 0.15) is 11.7 Å². The smallest absolute Gasteiger partial charge is 0.129 e. The lowest BCUT2D eigenvalue weighted by molar-refractivity contribution is 0.186. The highest BCUT2D eigenvalue weighted by molar-refractivity contribution is 5.44. The number of aliphatic hydroxyl groups excluding tert-OH is 1. The van der Waals surface area contributed by atoms with Gasteiger partial charge in [-0.15, -0.1) is 0 Å². The summed E-state index contributed by atoms with van der Waals surface area (Å²) in [7, 11) is 0. The quantitative estimate of drug-likeness (QED) is 0.844. The van der Waals surface area contributed by atoms with Crippen LogP contribution in [0.25, 0.3) is 0 Å². The van der Waals surface area contributed by atoms with Gasteiger partial charge in [-0.1, -0.05) is 0 Å². The Hall–Kier alpha value is -2.08. The van der Waals surface area contributed by atoms with E-state index in [1.807, 2.05) is 0 Å². The summed E-state index contributed by atoms with van der Waals surface area (Å²) < 4.78 is 52.3. The Morgan fingerprint density at radius 2 is 1.55 bits per heavy atom. The third kappa shape index (κ3) is 3.48. The van der Waals surface area contributed by atoms with E-state index in [-0.39, 0.29) is 17.8 Å². The summed E-state index contributed by atoms with van der Waals surface area (Å²) in [6.45, 7) is -0.219. The third-order valence-corrected chi connectivity index (χ3v) is 2.68. The number of hydrogen-bond acceptors (Lipinski definition) is 2. The van der Waals surface area contributed by atoms with Crippen LogP contribution in [0.15, 0.2) is 36.4 Å². The highest BCUT2D eigenvalue weighted by Gasteiger charge is 2.14. The maximum absolute atomic E-state index is 13.4. The van der Waals surface area contributed by atoms with Gasteiger partial charge in [0.2, 0.25) is 0 Å². The molecule has 2 nitrogen and oxygen atoms in total. The molecule has 2 rings (SSSR count). The molecule has 0 bridgehead atoms. The SMILES string of the molecule is OC(CNc1cc(F)cc(F)c1)c1cc(F)ccc1F. The fraction of sp³-hybridized carbons (Fsp3) is 0.143. The molecule has 6 heteroatoms. The van der Waals surface area contributed by atoms with Crippen molar-refractivity contribution < 1.29 is 22.7 Å². The zero-order chi connectivity index (χ0) is 14.7. The van der Waals surface area contributed by atoms with Gasteiger partial charge in [-0.3, -0.25) is 0 Å². The molecule has 2 N–H and O–H groups in total. The minimum Gasteiger partial charge on any atom is -0.386 e. The number of rotatable bonds is 4. The maximum atomic E-state index is 13.4. The molecule has 0 saturated heterocycles. The standard InChI is InChI=1S/C14H11F4NO/c15-8-1-2-13(18)12(6-8)14(20)7-19-11-4-9(16)3-10(17)5-11/h1-6,14,19-20H,7H2. The summed E-state index contributed by atoms with van der Waals surface area (Å²) in [4.78, 5) is 0. The Morgan fingerprint density at radius 3 is 2.20 bits per heavy atom. The second-order valence-electron chi connectivity index (χ2n) is 4.22. The van der Waals surface area contributed by atoms with Gasteiger partial charge in [-0.05, 0) is 30.3 Å². The van der Waals surface area contributed by atoms with Crippen molar-refractivity contribution in [2.24, 2.45) is 0 Å². The van der Waals surface area contributed by atoms with Gasteiger partial charge >= 0.3 is 0 Å². The summed E-state index contributed by atoms with van der Waals surface area (Å²) in [5, 5.41) is 12.3. The fourth-order valence-electron chi connectivity index (χ4n) is 1.75. The molecule has 2 aromatic rings. The molecule has 0 aromatic heterocycles. The highest BCUT2D eigenvalue weighted by atomic mass is 19.1. The van der Waals surface area contributed by atoms with Crippen LogP contribution in [0, 0.1) is 23.3 Å². The number of anilines is 1. The number of hydrogen-bond donors (Lipinski definition) is 2. The van der Waals surface area contributed by atoms with Crippen molar-refractivity contribution in [3.05, 3.63) is 65.2 Å². The Bertz CT molecular complexity index is 598. The molecule has 0 saturated carbocycles. The van der Waals surface area contributed by atoms with Crippen LogP contribution in [0.2, 0.25) is 0 Å². The zero-order valence-corrected chi connectivity index (χ0v) is 10.2. The first-order valence-electron chi connectivity index (χ1n) is 5.78. The Kier molecular flexibility index (Phi) is 4.24. The van der Waals surface area contributed by atoms with E-state index in [9.17, 15) is 22.7 Å². The topological polar surface area (TPSA) is 32.3 Å². The van der Waals surface area contributed by atoms with Crippen molar-refractivity contribution in [3.8, 4) is 0 Å². The van der Waals surface area contributed by atoms with E-state index in [1.165, 1.54) is 0 Å². The summed E-state index contributed by atoms with van der Waals surface area (Å²) in [5.74, 6) is -3.00. The van der Waals surface area contributed by atoms with Crippen molar-refractivity contribution in [3.63, 3.8) is 0 Å². The van der Waals surface area contributed by atoms with Gasteiger partial charge in [-0.25, -0.2) is 17.6 Å². The van der Waals surface area contributed by atoms with Crippen molar-refractivity contribution >= 4 is 5.69 Å². The van der Waals surface area contributed by atoms with Crippen molar-refractivity contribution in [2.45, 2.75) is 6.10 Å². The first-order chi connectivity index (χ1) is 9.45. The average molecular weight is 285 g/mol. The van der Waals surface area contributed by atoms with Crippen molar-refractivity contribution in [1.82, 2.24) is 0 Å². The highest BCUT2D eigenvalue weighted by Crippen LogP contribution is 2.20. The predicted octanol–water partition coefficient (Wildman–Crippen LogP) is 3.39. The van der Waals surface area contributed by atoms with Crippen LogP contribution in [0.5, 0.6) is 0 Å². The molecule has 0 radical (unpaired) electrons. The Morgan fingerprint density at radius 1 is 0.900 bits per heavy atom. The lowest BCUT2D eigenvalue weighted by atomic mass is 10.1. The molecule has 1 unspecified atom stereocenters. The van der Waals surface area contributed by atoms with Crippen molar-refractivity contribution in [1.29, 1.82) is 0 Å². The molecule has 2 aromatic carbocycles. The van der Waals surface area contributed by atoms with Crippen LogP contribution in [-0.4, -0.2) is 11.7 Å². The fourth-order valence-corrected chi connectivity index (χ4v) is 1.75. The number of halogens is 4. The van der Waals surface area contributed by atoms with E-state index in [0.29, 0.717) is 6.07 Å². The molecule has 0 heterocycles. The monoisotopic (exact) mass is 285 g/mol. The van der Waals surface area contributed by atoms with E-state index < -0.39 is 29.4 Å². The Balaban J connectivity index is 2.08. The van der Waals surface area contributed by atoms with Gasteiger partial charge in [-0.2, -0.15) is 0 Å². The van der Waals surface area contributed by atoms with Gasteiger partial charge in [0.1, 0.15) is 23.3 Å². The van der Waals surface area contributed by atoms with Crippen LogP contribution >= 0.6 is 0 Å². The summed E-state index contributed by atoms with van der Waals surface area (Å²) in [6, 6.07) is 5.45. The van der Waals surface area contributed by atoms with Crippen LogP contribution in [0.4, 0.5) is 23.2 Å². The maximum Gasteiger partial charge on any atom is 0.129 e. The minimum atomic E-state index is -1.35. The van der Waals surface area contributed by atoms with Crippen molar-refractivity contribution in [2.75, 3.05) is 11.9 Å². The molecular formula is C14H11F4NO. The Labute approximate surface area is 112 Å². The lowest BCUT2D eigenvalue weighted by Crippen LogP contribution is -2.14. The first-order valence-corrected chi connectivity index (χ1v) is 5.78. The molecule has 0 aliphatic heterocycles. The minimum absolute atomic E-state index is 0.0957. The van der Waals surface area contributed by atoms with Crippen LogP contribution < -0.4 is 5.32 Å². The molecule has 0 amide bonds. The number of aliphatic hydroxyl groups is 1. The third-order valence-electron chi connectivity index (χ3n) is 2.68. The largest absolute Gasteiger partial charge is 0.386 e. The van der Waals surface area contributed by atoms with Gasteiger partial charge in [0.15, 0.2) is 0 Å². The van der Waals surface area contributed by atoms with E-state index in [4.69, 9.17) is 0 Å². The zero-order valence-electron chi connectivity index (χ0n) is 10.2. The molecule has 0 aliphatic rings. The van der Waals surface area contributed by atoms with Gasteiger partial charge in [0.25, 0.3) is 0 Å². The number of benzene rings is 2. The second kappa shape index (κ2) is 5.92. The molecule has 0 fully saturated rings. The summed E-state index contributed by atoms with van der Waals surface area (Å²) >= 11 is 0. The van der Waals surface area contributed by atoms with Gasteiger partial charge in [0, 0.05) is 23.9 Å². The molecule has 0 spiro atoms. The molecule has 0 aliphatic carbocycles. The molecule has 106 valence electrons. The molecule has 1 atom stereocenters. The average Bonchev–Trinajstić information content (AvgIpc) is 2.38. The number of nitrogens with one attached hydrogen (secondary N) is 1. The van der Waals surface area contributed by atoms with E-state index in [2.05, 4.69) is 5.32 Å². The second-order valence-corrected chi connectivity index (χ2v) is 4.22. The molecular weight excluding hydrogens is 274 g/mol. The predicted molar refractivity (Wildman–Crippen MR) is 66.2 cm³/mol.